The first kappa shape index (κ1) is 12.9. The number of oxime groups is 1. The summed E-state index contributed by atoms with van der Waals surface area (Å²) in [5.74, 6) is 0.119. The molecule has 0 fully saturated rings. The fraction of sp³-hybridized carbons (Fsp3) is 0.250. The Labute approximate surface area is 108 Å². The van der Waals surface area contributed by atoms with Crippen molar-refractivity contribution in [2.75, 3.05) is 6.61 Å². The van der Waals surface area contributed by atoms with Crippen LogP contribution in [0, 0.1) is 0 Å². The molecule has 2 heterocycles. The lowest BCUT2D eigenvalue weighted by Crippen LogP contribution is -2.22. The molecule has 10 heteroatoms. The molecule has 18 heavy (non-hydrogen) atoms. The Morgan fingerprint density at radius 2 is 2.22 bits per heavy atom. The van der Waals surface area contributed by atoms with E-state index in [1.165, 1.54) is 7.05 Å². The summed E-state index contributed by atoms with van der Waals surface area (Å²) in [4.78, 5) is 4.81. The number of hydrogen-bond acceptors (Lipinski definition) is 6. The van der Waals surface area contributed by atoms with E-state index in [0.717, 1.165) is 4.68 Å². The summed E-state index contributed by atoms with van der Waals surface area (Å²) in [7, 11) is -2.66. The smallest absolute Gasteiger partial charge is 0.269 e. The molecule has 1 aromatic heterocycles. The second-order valence-electron chi connectivity index (χ2n) is 3.45. The maximum Gasteiger partial charge on any atom is 0.269 e. The standard InChI is InChI=1S/C8H9ClN4O4S/c1-4-3-16-12-7(17-4)5-6(9)11-13(2)8(5)18(10,14)15/h1,3H2,2H3,(H2,10,14,15). The minimum absolute atomic E-state index is 0.0532. The van der Waals surface area contributed by atoms with Gasteiger partial charge in [-0.15, -0.1) is 0 Å². The number of halogens is 1. The van der Waals surface area contributed by atoms with Crippen LogP contribution >= 0.6 is 11.6 Å². The van der Waals surface area contributed by atoms with Gasteiger partial charge in [0.15, 0.2) is 16.8 Å². The molecule has 1 aromatic rings. The number of ether oxygens (including phenoxy) is 1. The molecular weight excluding hydrogens is 284 g/mol. The fourth-order valence-electron chi connectivity index (χ4n) is 1.43. The third kappa shape index (κ3) is 2.19. The molecule has 0 aliphatic carbocycles. The average Bonchev–Trinajstić information content (AvgIpc) is 2.53. The molecule has 98 valence electrons. The van der Waals surface area contributed by atoms with E-state index in [4.69, 9.17) is 26.3 Å². The average molecular weight is 293 g/mol. The van der Waals surface area contributed by atoms with Crippen LogP contribution < -0.4 is 5.14 Å². The van der Waals surface area contributed by atoms with Crippen molar-refractivity contribution >= 4 is 27.5 Å². The van der Waals surface area contributed by atoms with Gasteiger partial charge < -0.3 is 9.57 Å². The summed E-state index contributed by atoms with van der Waals surface area (Å²) in [5, 5.41) is 12.0. The molecule has 2 rings (SSSR count). The van der Waals surface area contributed by atoms with Gasteiger partial charge in [0.2, 0.25) is 0 Å². The first-order chi connectivity index (χ1) is 8.30. The highest BCUT2D eigenvalue weighted by Gasteiger charge is 2.30. The molecule has 0 amide bonds. The van der Waals surface area contributed by atoms with Crippen molar-refractivity contribution in [3.05, 3.63) is 23.1 Å². The number of aromatic nitrogens is 2. The van der Waals surface area contributed by atoms with Crippen molar-refractivity contribution in [2.24, 2.45) is 17.3 Å². The van der Waals surface area contributed by atoms with Gasteiger partial charge in [0.1, 0.15) is 11.3 Å². The number of rotatable bonds is 2. The van der Waals surface area contributed by atoms with E-state index in [-0.39, 0.29) is 34.0 Å². The van der Waals surface area contributed by atoms with E-state index in [1.54, 1.807) is 0 Å². The predicted molar refractivity (Wildman–Crippen MR) is 62.3 cm³/mol. The molecule has 1 aliphatic heterocycles. The zero-order valence-corrected chi connectivity index (χ0v) is 10.8. The first-order valence-corrected chi connectivity index (χ1v) is 6.54. The normalized spacial score (nSPS) is 15.9. The van der Waals surface area contributed by atoms with Crippen LogP contribution in [-0.2, 0) is 26.6 Å². The number of hydrogen-bond donors (Lipinski definition) is 1. The molecule has 0 aromatic carbocycles. The number of primary sulfonamides is 1. The Balaban J connectivity index is 2.65. The van der Waals surface area contributed by atoms with Gasteiger partial charge in [-0.2, -0.15) is 5.10 Å². The van der Waals surface area contributed by atoms with Crippen LogP contribution in [0.5, 0.6) is 0 Å². The Morgan fingerprint density at radius 3 is 2.78 bits per heavy atom. The molecule has 0 bridgehead atoms. The molecule has 0 spiro atoms. The van der Waals surface area contributed by atoms with Crippen LogP contribution in [0.15, 0.2) is 22.5 Å². The summed E-state index contributed by atoms with van der Waals surface area (Å²) >= 11 is 5.84. The highest BCUT2D eigenvalue weighted by molar-refractivity contribution is 7.89. The monoisotopic (exact) mass is 292 g/mol. The Bertz CT molecular complexity index is 648. The Kier molecular flexibility index (Phi) is 3.05. The number of sulfonamides is 1. The molecule has 0 atom stereocenters. The van der Waals surface area contributed by atoms with Gasteiger partial charge in [-0.25, -0.2) is 13.6 Å². The van der Waals surface area contributed by atoms with Crippen LogP contribution in [0.4, 0.5) is 0 Å². The first-order valence-electron chi connectivity index (χ1n) is 4.62. The maximum absolute atomic E-state index is 11.5. The Morgan fingerprint density at radius 1 is 1.56 bits per heavy atom. The largest absolute Gasteiger partial charge is 0.437 e. The second-order valence-corrected chi connectivity index (χ2v) is 5.28. The van der Waals surface area contributed by atoms with E-state index in [2.05, 4.69) is 16.8 Å². The van der Waals surface area contributed by atoms with Crippen molar-refractivity contribution in [2.45, 2.75) is 5.03 Å². The van der Waals surface area contributed by atoms with Crippen LogP contribution in [-0.4, -0.2) is 30.7 Å². The van der Waals surface area contributed by atoms with Crippen LogP contribution in [0.25, 0.3) is 0 Å². The summed E-state index contributed by atoms with van der Waals surface area (Å²) in [5.41, 5.74) is -0.0532. The van der Waals surface area contributed by atoms with Gasteiger partial charge in [-0.1, -0.05) is 18.2 Å². The topological polar surface area (TPSA) is 109 Å². The van der Waals surface area contributed by atoms with E-state index >= 15 is 0 Å². The number of nitrogens with two attached hydrogens (primary N) is 1. The lowest BCUT2D eigenvalue weighted by Gasteiger charge is -2.15. The summed E-state index contributed by atoms with van der Waals surface area (Å²) < 4.78 is 29.2. The summed E-state index contributed by atoms with van der Waals surface area (Å²) in [6, 6.07) is 0. The molecule has 1 aliphatic rings. The van der Waals surface area contributed by atoms with Gasteiger partial charge in [0.25, 0.3) is 15.9 Å². The van der Waals surface area contributed by atoms with Crippen LogP contribution in [0.2, 0.25) is 5.15 Å². The minimum Gasteiger partial charge on any atom is -0.437 e. The van der Waals surface area contributed by atoms with E-state index in [1.807, 2.05) is 0 Å². The lowest BCUT2D eigenvalue weighted by molar-refractivity contribution is 0.106. The number of nitrogens with zero attached hydrogens (tertiary/aromatic N) is 3. The van der Waals surface area contributed by atoms with Crippen LogP contribution in [0.3, 0.4) is 0 Å². The van der Waals surface area contributed by atoms with Gasteiger partial charge in [-0.3, -0.25) is 4.68 Å². The highest BCUT2D eigenvalue weighted by atomic mass is 35.5. The lowest BCUT2D eigenvalue weighted by atomic mass is 10.3. The zero-order valence-electron chi connectivity index (χ0n) is 9.25. The quantitative estimate of drug-likeness (QED) is 0.821. The van der Waals surface area contributed by atoms with Gasteiger partial charge in [0.05, 0.1) is 0 Å². The second kappa shape index (κ2) is 4.26. The summed E-state index contributed by atoms with van der Waals surface area (Å²) in [6.45, 7) is 3.61. The fourth-order valence-corrected chi connectivity index (χ4v) is 2.65. The molecule has 0 unspecified atom stereocenters. The molecule has 0 radical (unpaired) electrons. The van der Waals surface area contributed by atoms with Gasteiger partial charge >= 0.3 is 0 Å². The summed E-state index contributed by atoms with van der Waals surface area (Å²) in [6.07, 6.45) is 0. The molecule has 2 N–H and O–H groups in total. The minimum atomic E-state index is -4.04. The third-order valence-electron chi connectivity index (χ3n) is 2.05. The predicted octanol–water partition coefficient (Wildman–Crippen LogP) is -0.0570. The van der Waals surface area contributed by atoms with Crippen molar-refractivity contribution in [1.82, 2.24) is 9.78 Å². The number of aryl methyl sites for hydroxylation is 1. The van der Waals surface area contributed by atoms with Crippen molar-refractivity contribution < 1.29 is 18.0 Å². The molecular formula is C8H9ClN4O4S. The molecule has 0 saturated carbocycles. The molecule has 0 saturated heterocycles. The SMILES string of the molecule is C=C1CON=C(c2c(Cl)nn(C)c2S(N)(=O)=O)O1. The third-order valence-corrected chi connectivity index (χ3v) is 3.32. The van der Waals surface area contributed by atoms with Crippen molar-refractivity contribution in [1.29, 1.82) is 0 Å². The van der Waals surface area contributed by atoms with Crippen molar-refractivity contribution in [3.8, 4) is 0 Å². The van der Waals surface area contributed by atoms with E-state index < -0.39 is 10.0 Å². The highest BCUT2D eigenvalue weighted by Crippen LogP contribution is 2.25. The van der Waals surface area contributed by atoms with E-state index in [0.29, 0.717) is 0 Å². The van der Waals surface area contributed by atoms with E-state index in [9.17, 15) is 8.42 Å². The van der Waals surface area contributed by atoms with Crippen LogP contribution in [0.1, 0.15) is 5.56 Å². The van der Waals surface area contributed by atoms with Gasteiger partial charge in [-0.05, 0) is 5.16 Å². The van der Waals surface area contributed by atoms with Crippen molar-refractivity contribution in [3.63, 3.8) is 0 Å². The maximum atomic E-state index is 11.5. The van der Waals surface area contributed by atoms with Gasteiger partial charge in [0, 0.05) is 7.05 Å². The Hall–Kier alpha value is -1.58. The molecule has 8 nitrogen and oxygen atoms in total. The zero-order chi connectivity index (χ0) is 13.5.